The van der Waals surface area contributed by atoms with Crippen LogP contribution >= 0.6 is 24.0 Å². The second-order valence-corrected chi connectivity index (χ2v) is 7.34. The van der Waals surface area contributed by atoms with Crippen LogP contribution in [0.4, 0.5) is 0 Å². The van der Waals surface area contributed by atoms with Gasteiger partial charge in [-0.2, -0.15) is 0 Å². The van der Waals surface area contributed by atoms with E-state index in [1.54, 1.807) is 19.0 Å². The number of amides is 1. The number of nitrogens with zero attached hydrogens (tertiary/aromatic N) is 2. The Kier molecular flexibility index (Phi) is 12.3. The standard InChI is InChI=1S/C20H34N4O.HI/c1-6-21-19(22-15-18(25)24(4)5)23-16-20(2,3)14-10-13-17-11-8-7-9-12-17;/h7-9,11-12H,6,10,13-16H2,1-5H3,(H2,21,22,23);1H. The number of rotatable bonds is 9. The topological polar surface area (TPSA) is 56.7 Å². The van der Waals surface area contributed by atoms with Crippen LogP contribution in [-0.2, 0) is 11.2 Å². The molecule has 26 heavy (non-hydrogen) atoms. The van der Waals surface area contributed by atoms with Gasteiger partial charge in [-0.15, -0.1) is 24.0 Å². The van der Waals surface area contributed by atoms with E-state index in [0.717, 1.165) is 32.4 Å². The largest absolute Gasteiger partial charge is 0.357 e. The molecular weight excluding hydrogens is 439 g/mol. The zero-order valence-corrected chi connectivity index (χ0v) is 19.2. The van der Waals surface area contributed by atoms with Crippen LogP contribution in [0.2, 0.25) is 0 Å². The molecule has 1 aromatic rings. The van der Waals surface area contributed by atoms with Gasteiger partial charge in [0.15, 0.2) is 5.96 Å². The Morgan fingerprint density at radius 3 is 2.38 bits per heavy atom. The number of carbonyl (C=O) groups is 1. The van der Waals surface area contributed by atoms with Gasteiger partial charge in [-0.05, 0) is 37.2 Å². The average Bonchev–Trinajstić information content (AvgIpc) is 2.57. The number of likely N-dealkylation sites (N-methyl/N-ethyl adjacent to an activating group) is 1. The molecule has 0 saturated heterocycles. The third-order valence-corrected chi connectivity index (χ3v) is 4.11. The predicted octanol–water partition coefficient (Wildman–Crippen LogP) is 3.30. The molecule has 6 heteroatoms. The highest BCUT2D eigenvalue weighted by Crippen LogP contribution is 2.22. The molecule has 0 saturated carbocycles. The van der Waals surface area contributed by atoms with Crippen LogP contribution in [0.15, 0.2) is 35.3 Å². The zero-order chi connectivity index (χ0) is 18.7. The lowest BCUT2D eigenvalue weighted by Gasteiger charge is -2.26. The third-order valence-electron chi connectivity index (χ3n) is 4.11. The van der Waals surface area contributed by atoms with Crippen molar-refractivity contribution in [3.63, 3.8) is 0 Å². The summed E-state index contributed by atoms with van der Waals surface area (Å²) in [6.07, 6.45) is 3.40. The molecule has 148 valence electrons. The molecule has 0 aromatic heterocycles. The Labute approximate surface area is 176 Å². The minimum Gasteiger partial charge on any atom is -0.357 e. The molecule has 2 N–H and O–H groups in total. The van der Waals surface area contributed by atoms with Crippen molar-refractivity contribution >= 4 is 35.8 Å². The number of guanidine groups is 1. The highest BCUT2D eigenvalue weighted by Gasteiger charge is 2.18. The molecule has 0 radical (unpaired) electrons. The smallest absolute Gasteiger partial charge is 0.243 e. The Morgan fingerprint density at radius 1 is 1.15 bits per heavy atom. The molecule has 1 rings (SSSR count). The number of halogens is 1. The molecule has 0 unspecified atom stereocenters. The lowest BCUT2D eigenvalue weighted by atomic mass is 9.86. The minimum absolute atomic E-state index is 0. The second-order valence-electron chi connectivity index (χ2n) is 7.34. The van der Waals surface area contributed by atoms with Gasteiger partial charge < -0.3 is 15.5 Å². The van der Waals surface area contributed by atoms with E-state index in [0.29, 0.717) is 5.96 Å². The molecule has 0 aliphatic heterocycles. The van der Waals surface area contributed by atoms with Crippen LogP contribution in [0, 0.1) is 5.41 Å². The third kappa shape index (κ3) is 10.6. The Bertz CT molecular complexity index is 544. The van der Waals surface area contributed by atoms with Gasteiger partial charge in [0.05, 0.1) is 0 Å². The minimum atomic E-state index is -0.000626. The maximum atomic E-state index is 11.7. The van der Waals surface area contributed by atoms with Crippen molar-refractivity contribution in [1.82, 2.24) is 15.5 Å². The van der Waals surface area contributed by atoms with Gasteiger partial charge >= 0.3 is 0 Å². The number of nitrogens with one attached hydrogen (secondary N) is 2. The number of hydrogen-bond acceptors (Lipinski definition) is 2. The molecule has 0 aliphatic rings. The first-order chi connectivity index (χ1) is 11.8. The van der Waals surface area contributed by atoms with Gasteiger partial charge in [0.25, 0.3) is 0 Å². The van der Waals surface area contributed by atoms with E-state index in [1.807, 2.05) is 6.92 Å². The summed E-state index contributed by atoms with van der Waals surface area (Å²) in [5.41, 5.74) is 1.56. The van der Waals surface area contributed by atoms with Gasteiger partial charge in [0, 0.05) is 27.2 Å². The predicted molar refractivity (Wildman–Crippen MR) is 121 cm³/mol. The van der Waals surface area contributed by atoms with Crippen molar-refractivity contribution in [2.24, 2.45) is 10.4 Å². The molecule has 0 spiro atoms. The van der Waals surface area contributed by atoms with Crippen molar-refractivity contribution in [2.75, 3.05) is 33.7 Å². The van der Waals surface area contributed by atoms with Crippen LogP contribution in [0.5, 0.6) is 0 Å². The van der Waals surface area contributed by atoms with Crippen molar-refractivity contribution in [3.8, 4) is 0 Å². The molecule has 0 heterocycles. The van der Waals surface area contributed by atoms with Gasteiger partial charge in [-0.25, -0.2) is 4.99 Å². The van der Waals surface area contributed by atoms with E-state index >= 15 is 0 Å². The van der Waals surface area contributed by atoms with Crippen molar-refractivity contribution in [1.29, 1.82) is 0 Å². The maximum Gasteiger partial charge on any atom is 0.243 e. The fourth-order valence-electron chi connectivity index (χ4n) is 2.46. The van der Waals surface area contributed by atoms with E-state index in [1.165, 1.54) is 5.56 Å². The van der Waals surface area contributed by atoms with Gasteiger partial charge in [0.1, 0.15) is 6.54 Å². The first-order valence-electron chi connectivity index (χ1n) is 9.10. The molecule has 1 amide bonds. The molecular formula is C20H35IN4O. The molecule has 1 aromatic carbocycles. The van der Waals surface area contributed by atoms with Gasteiger partial charge in [-0.1, -0.05) is 44.2 Å². The summed E-state index contributed by atoms with van der Waals surface area (Å²) < 4.78 is 0. The fourth-order valence-corrected chi connectivity index (χ4v) is 2.46. The summed E-state index contributed by atoms with van der Waals surface area (Å²) in [5.74, 6) is 0.702. The Morgan fingerprint density at radius 2 is 1.81 bits per heavy atom. The Balaban J connectivity index is 0.00000625. The van der Waals surface area contributed by atoms with E-state index in [9.17, 15) is 4.79 Å². The van der Waals surface area contributed by atoms with Crippen molar-refractivity contribution < 1.29 is 4.79 Å². The van der Waals surface area contributed by atoms with Crippen molar-refractivity contribution in [3.05, 3.63) is 35.9 Å². The van der Waals surface area contributed by atoms with Crippen molar-refractivity contribution in [2.45, 2.75) is 40.0 Å². The van der Waals surface area contributed by atoms with Crippen LogP contribution in [0.1, 0.15) is 39.2 Å². The first kappa shape index (κ1) is 24.7. The number of aliphatic imine (C=N–C) groups is 1. The average molecular weight is 474 g/mol. The van der Waals surface area contributed by atoms with Crippen LogP contribution in [-0.4, -0.2) is 50.5 Å². The molecule has 0 bridgehead atoms. The SMILES string of the molecule is CCNC(=NCC(=O)N(C)C)NCC(C)(C)CCCc1ccccc1.I. The number of benzene rings is 1. The summed E-state index contributed by atoms with van der Waals surface area (Å²) in [4.78, 5) is 17.6. The van der Waals surface area contributed by atoms with E-state index in [4.69, 9.17) is 0 Å². The first-order valence-corrected chi connectivity index (χ1v) is 9.10. The van der Waals surface area contributed by atoms with E-state index in [2.05, 4.69) is 59.8 Å². The molecule has 0 fully saturated rings. The highest BCUT2D eigenvalue weighted by atomic mass is 127. The monoisotopic (exact) mass is 474 g/mol. The van der Waals surface area contributed by atoms with Crippen LogP contribution < -0.4 is 10.6 Å². The number of aryl methyl sites for hydroxylation is 1. The van der Waals surface area contributed by atoms with Crippen LogP contribution in [0.25, 0.3) is 0 Å². The normalized spacial score (nSPS) is 11.5. The van der Waals surface area contributed by atoms with Crippen LogP contribution in [0.3, 0.4) is 0 Å². The zero-order valence-electron chi connectivity index (χ0n) is 16.8. The molecule has 5 nitrogen and oxygen atoms in total. The summed E-state index contributed by atoms with van der Waals surface area (Å²) in [7, 11) is 3.49. The maximum absolute atomic E-state index is 11.7. The lowest BCUT2D eigenvalue weighted by molar-refractivity contribution is -0.127. The Hall–Kier alpha value is -1.31. The van der Waals surface area contributed by atoms with E-state index < -0.39 is 0 Å². The summed E-state index contributed by atoms with van der Waals surface area (Å²) in [5, 5.41) is 6.57. The number of carbonyl (C=O) groups excluding carboxylic acids is 1. The van der Waals surface area contributed by atoms with E-state index in [-0.39, 0.29) is 41.8 Å². The number of hydrogen-bond donors (Lipinski definition) is 2. The second kappa shape index (κ2) is 12.9. The summed E-state index contributed by atoms with van der Waals surface area (Å²) >= 11 is 0. The summed E-state index contributed by atoms with van der Waals surface area (Å²) in [6.45, 7) is 8.31. The fraction of sp³-hybridized carbons (Fsp3) is 0.600. The van der Waals surface area contributed by atoms with Gasteiger partial charge in [-0.3, -0.25) is 4.79 Å². The molecule has 0 atom stereocenters. The quantitative estimate of drug-likeness (QED) is 0.328. The van der Waals surface area contributed by atoms with Gasteiger partial charge in [0.2, 0.25) is 5.91 Å². The molecule has 0 aliphatic carbocycles. The summed E-state index contributed by atoms with van der Waals surface area (Å²) in [6, 6.07) is 10.6. The lowest BCUT2D eigenvalue weighted by Crippen LogP contribution is -2.42. The highest BCUT2D eigenvalue weighted by molar-refractivity contribution is 14.0.